The first kappa shape index (κ1) is 14.2. The van der Waals surface area contributed by atoms with Crippen LogP contribution in [-0.4, -0.2) is 54.9 Å². The smallest absolute Gasteiger partial charge is 0.0351 e. The predicted molar refractivity (Wildman–Crippen MR) is 65.2 cm³/mol. The summed E-state index contributed by atoms with van der Waals surface area (Å²) in [4.78, 5) is 4.90. The van der Waals surface area contributed by atoms with Crippen molar-refractivity contribution in [2.24, 2.45) is 0 Å². The summed E-state index contributed by atoms with van der Waals surface area (Å²) in [5, 5.41) is 0. The zero-order chi connectivity index (χ0) is 10.8. The topological polar surface area (TPSA) is 6.48 Å². The Morgan fingerprint density at radius 3 is 1.79 bits per heavy atom. The van der Waals surface area contributed by atoms with Crippen LogP contribution in [0.4, 0.5) is 0 Å². The first-order valence-corrected chi connectivity index (χ1v) is 6.32. The molecule has 0 unspecified atom stereocenters. The van der Waals surface area contributed by atoms with Crippen LogP contribution in [0.2, 0.25) is 0 Å². The largest absolute Gasteiger partial charge is 0.303 e. The monoisotopic (exact) mass is 220 g/mol. The molecule has 86 valence electrons. The van der Waals surface area contributed by atoms with Crippen molar-refractivity contribution >= 4 is 11.6 Å². The standard InChI is InChI=1S/C11H25ClN2/c1-4-8-14(9-7-12)11-10-13(5-2)6-3/h4-11H2,1-3H3. The summed E-state index contributed by atoms with van der Waals surface area (Å²) in [5.74, 6) is 0.748. The molecular formula is C11H25ClN2. The minimum absolute atomic E-state index is 0.748. The lowest BCUT2D eigenvalue weighted by molar-refractivity contribution is 0.221. The highest BCUT2D eigenvalue weighted by atomic mass is 35.5. The summed E-state index contributed by atoms with van der Waals surface area (Å²) < 4.78 is 0. The first-order chi connectivity index (χ1) is 6.78. The van der Waals surface area contributed by atoms with Crippen molar-refractivity contribution in [2.45, 2.75) is 27.2 Å². The van der Waals surface area contributed by atoms with E-state index in [1.165, 1.54) is 19.5 Å². The lowest BCUT2D eigenvalue weighted by Crippen LogP contribution is -2.36. The number of likely N-dealkylation sites (N-methyl/N-ethyl adjacent to an activating group) is 1. The van der Waals surface area contributed by atoms with Crippen molar-refractivity contribution in [2.75, 3.05) is 45.1 Å². The SMILES string of the molecule is CCCN(CCCl)CCN(CC)CC. The molecule has 2 nitrogen and oxygen atoms in total. The van der Waals surface area contributed by atoms with Gasteiger partial charge in [0.15, 0.2) is 0 Å². The average molecular weight is 221 g/mol. The molecule has 0 atom stereocenters. The van der Waals surface area contributed by atoms with Crippen molar-refractivity contribution in [3.63, 3.8) is 0 Å². The van der Waals surface area contributed by atoms with Gasteiger partial charge in [0.25, 0.3) is 0 Å². The van der Waals surface area contributed by atoms with Crippen molar-refractivity contribution < 1.29 is 0 Å². The van der Waals surface area contributed by atoms with Gasteiger partial charge in [-0.15, -0.1) is 11.6 Å². The molecule has 0 saturated carbocycles. The lowest BCUT2D eigenvalue weighted by Gasteiger charge is -2.25. The third-order valence-corrected chi connectivity index (χ3v) is 2.74. The summed E-state index contributed by atoms with van der Waals surface area (Å²) in [5.41, 5.74) is 0. The van der Waals surface area contributed by atoms with Crippen LogP contribution in [0.25, 0.3) is 0 Å². The molecule has 0 amide bonds. The number of alkyl halides is 1. The van der Waals surface area contributed by atoms with Gasteiger partial charge in [-0.3, -0.25) is 0 Å². The highest BCUT2D eigenvalue weighted by Gasteiger charge is 2.05. The van der Waals surface area contributed by atoms with E-state index in [2.05, 4.69) is 30.6 Å². The normalized spacial score (nSPS) is 11.6. The fraction of sp³-hybridized carbons (Fsp3) is 1.00. The van der Waals surface area contributed by atoms with E-state index in [1.54, 1.807) is 0 Å². The maximum absolute atomic E-state index is 5.76. The van der Waals surface area contributed by atoms with Gasteiger partial charge in [0.2, 0.25) is 0 Å². The van der Waals surface area contributed by atoms with Crippen LogP contribution in [0, 0.1) is 0 Å². The highest BCUT2D eigenvalue weighted by molar-refractivity contribution is 6.18. The first-order valence-electron chi connectivity index (χ1n) is 5.79. The number of halogens is 1. The van der Waals surface area contributed by atoms with Gasteiger partial charge >= 0.3 is 0 Å². The van der Waals surface area contributed by atoms with E-state index in [0.717, 1.165) is 32.1 Å². The van der Waals surface area contributed by atoms with Crippen molar-refractivity contribution in [3.05, 3.63) is 0 Å². The summed E-state index contributed by atoms with van der Waals surface area (Å²) in [6, 6.07) is 0. The Balaban J connectivity index is 3.67. The van der Waals surface area contributed by atoms with E-state index in [4.69, 9.17) is 11.6 Å². The molecule has 0 aromatic heterocycles. The second-order valence-electron chi connectivity index (χ2n) is 3.56. The van der Waals surface area contributed by atoms with Gasteiger partial charge in [-0.05, 0) is 26.1 Å². The van der Waals surface area contributed by atoms with Crippen LogP contribution in [0.5, 0.6) is 0 Å². The Hall–Kier alpha value is 0.210. The number of rotatable bonds is 9. The van der Waals surface area contributed by atoms with Gasteiger partial charge in [0.1, 0.15) is 0 Å². The molecule has 0 N–H and O–H groups in total. The molecule has 0 aliphatic carbocycles. The Kier molecular flexibility index (Phi) is 9.90. The van der Waals surface area contributed by atoms with E-state index < -0.39 is 0 Å². The maximum Gasteiger partial charge on any atom is 0.0351 e. The van der Waals surface area contributed by atoms with E-state index in [9.17, 15) is 0 Å². The molecule has 0 aliphatic rings. The Bertz CT molecular complexity index is 110. The van der Waals surface area contributed by atoms with E-state index in [1.807, 2.05) is 0 Å². The van der Waals surface area contributed by atoms with Crippen molar-refractivity contribution in [1.29, 1.82) is 0 Å². The molecule has 3 heteroatoms. The summed E-state index contributed by atoms with van der Waals surface area (Å²) in [6.45, 7) is 13.5. The van der Waals surface area contributed by atoms with E-state index >= 15 is 0 Å². The molecule has 0 rings (SSSR count). The van der Waals surface area contributed by atoms with Crippen molar-refractivity contribution in [3.8, 4) is 0 Å². The van der Waals surface area contributed by atoms with Crippen molar-refractivity contribution in [1.82, 2.24) is 9.80 Å². The number of hydrogen-bond donors (Lipinski definition) is 0. The number of hydrogen-bond acceptors (Lipinski definition) is 2. The highest BCUT2D eigenvalue weighted by Crippen LogP contribution is 1.95. The molecule has 0 aromatic carbocycles. The van der Waals surface area contributed by atoms with Crippen LogP contribution >= 0.6 is 11.6 Å². The molecular weight excluding hydrogens is 196 g/mol. The molecule has 0 radical (unpaired) electrons. The molecule has 0 spiro atoms. The van der Waals surface area contributed by atoms with Gasteiger partial charge in [-0.25, -0.2) is 0 Å². The zero-order valence-electron chi connectivity index (χ0n) is 9.93. The molecule has 0 fully saturated rings. The molecule has 0 bridgehead atoms. The minimum Gasteiger partial charge on any atom is -0.303 e. The fourth-order valence-corrected chi connectivity index (χ4v) is 1.83. The van der Waals surface area contributed by atoms with E-state index in [0.29, 0.717) is 0 Å². The van der Waals surface area contributed by atoms with Gasteiger partial charge in [0, 0.05) is 25.5 Å². The predicted octanol–water partition coefficient (Wildman–Crippen LogP) is 2.28. The lowest BCUT2D eigenvalue weighted by atomic mass is 10.3. The Morgan fingerprint density at radius 2 is 1.36 bits per heavy atom. The third kappa shape index (κ3) is 6.63. The summed E-state index contributed by atoms with van der Waals surface area (Å²) in [6.07, 6.45) is 1.22. The molecule has 14 heavy (non-hydrogen) atoms. The van der Waals surface area contributed by atoms with Crippen LogP contribution in [-0.2, 0) is 0 Å². The van der Waals surface area contributed by atoms with E-state index in [-0.39, 0.29) is 0 Å². The Labute approximate surface area is 94.2 Å². The third-order valence-electron chi connectivity index (χ3n) is 2.57. The van der Waals surface area contributed by atoms with Gasteiger partial charge in [-0.1, -0.05) is 20.8 Å². The quantitative estimate of drug-likeness (QED) is 0.551. The second-order valence-corrected chi connectivity index (χ2v) is 3.94. The molecule has 0 saturated heterocycles. The summed E-state index contributed by atoms with van der Waals surface area (Å²) in [7, 11) is 0. The van der Waals surface area contributed by atoms with Crippen LogP contribution < -0.4 is 0 Å². The van der Waals surface area contributed by atoms with Gasteiger partial charge < -0.3 is 9.80 Å². The second kappa shape index (κ2) is 9.75. The van der Waals surface area contributed by atoms with Crippen LogP contribution in [0.1, 0.15) is 27.2 Å². The molecule has 0 aliphatic heterocycles. The minimum atomic E-state index is 0.748. The van der Waals surface area contributed by atoms with Gasteiger partial charge in [-0.2, -0.15) is 0 Å². The summed E-state index contributed by atoms with van der Waals surface area (Å²) >= 11 is 5.76. The zero-order valence-corrected chi connectivity index (χ0v) is 10.7. The fourth-order valence-electron chi connectivity index (χ4n) is 1.59. The Morgan fingerprint density at radius 1 is 0.786 bits per heavy atom. The van der Waals surface area contributed by atoms with Gasteiger partial charge in [0.05, 0.1) is 0 Å². The van der Waals surface area contributed by atoms with Crippen LogP contribution in [0.3, 0.4) is 0 Å². The molecule has 0 aromatic rings. The van der Waals surface area contributed by atoms with Crippen LogP contribution in [0.15, 0.2) is 0 Å². The maximum atomic E-state index is 5.76. The molecule has 0 heterocycles. The average Bonchev–Trinajstić information content (AvgIpc) is 2.20. The number of nitrogens with zero attached hydrogens (tertiary/aromatic N) is 2.